The monoisotopic (exact) mass is 329 g/mol. The molecule has 17 heavy (non-hydrogen) atoms. The largest absolute Gasteiger partial charge is 0.398 e. The zero-order valence-corrected chi connectivity index (χ0v) is 11.2. The van der Waals surface area contributed by atoms with Gasteiger partial charge in [-0.05, 0) is 24.6 Å². The van der Waals surface area contributed by atoms with Crippen LogP contribution in [0.15, 0.2) is 27.6 Å². The van der Waals surface area contributed by atoms with E-state index in [4.69, 9.17) is 5.73 Å². The van der Waals surface area contributed by atoms with Gasteiger partial charge in [0, 0.05) is 22.3 Å². The van der Waals surface area contributed by atoms with Crippen LogP contribution >= 0.6 is 15.9 Å². The second-order valence-corrected chi connectivity index (χ2v) is 5.91. The smallest absolute Gasteiger partial charge is 0.389 e. The zero-order chi connectivity index (χ0) is 13.1. The van der Waals surface area contributed by atoms with Crippen molar-refractivity contribution in [3.63, 3.8) is 0 Å². The van der Waals surface area contributed by atoms with Gasteiger partial charge in [0.1, 0.15) is 0 Å². The van der Waals surface area contributed by atoms with Crippen LogP contribution in [0.5, 0.6) is 0 Å². The molecule has 0 aliphatic carbocycles. The van der Waals surface area contributed by atoms with E-state index in [2.05, 4.69) is 15.9 Å². The minimum atomic E-state index is -4.20. The topological polar surface area (TPSA) is 43.1 Å². The Balaban J connectivity index is 2.61. The fourth-order valence-electron chi connectivity index (χ4n) is 1.22. The minimum absolute atomic E-state index is 0.0415. The summed E-state index contributed by atoms with van der Waals surface area (Å²) in [5, 5.41) is 0. The molecule has 1 unspecified atom stereocenters. The van der Waals surface area contributed by atoms with E-state index >= 15 is 0 Å². The molecule has 96 valence electrons. The first-order chi connectivity index (χ1) is 7.79. The van der Waals surface area contributed by atoms with E-state index in [1.807, 2.05) is 0 Å². The van der Waals surface area contributed by atoms with Gasteiger partial charge in [-0.15, -0.1) is 0 Å². The summed E-state index contributed by atoms with van der Waals surface area (Å²) in [6, 6.07) is 4.83. The Labute approximate surface area is 108 Å². The van der Waals surface area contributed by atoms with Gasteiger partial charge >= 0.3 is 6.18 Å². The molecule has 1 aromatic rings. The third kappa shape index (κ3) is 5.08. The average Bonchev–Trinajstić information content (AvgIpc) is 2.19. The van der Waals surface area contributed by atoms with Gasteiger partial charge in [-0.25, -0.2) is 0 Å². The number of nitrogens with two attached hydrogens (primary N) is 1. The van der Waals surface area contributed by atoms with Crippen LogP contribution in [0.1, 0.15) is 12.8 Å². The second kappa shape index (κ2) is 5.86. The first-order valence-corrected chi connectivity index (χ1v) is 6.91. The van der Waals surface area contributed by atoms with Crippen molar-refractivity contribution in [1.82, 2.24) is 0 Å². The highest BCUT2D eigenvalue weighted by molar-refractivity contribution is 9.10. The van der Waals surface area contributed by atoms with Crippen molar-refractivity contribution in [2.24, 2.45) is 0 Å². The van der Waals surface area contributed by atoms with Gasteiger partial charge < -0.3 is 5.73 Å². The van der Waals surface area contributed by atoms with Crippen LogP contribution in [0.2, 0.25) is 0 Å². The maximum absolute atomic E-state index is 11.9. The van der Waals surface area contributed by atoms with Gasteiger partial charge in [0.2, 0.25) is 0 Å². The molecule has 0 aliphatic heterocycles. The molecule has 0 radical (unpaired) electrons. The Kier molecular flexibility index (Phi) is 5.00. The van der Waals surface area contributed by atoms with Crippen molar-refractivity contribution in [2.75, 3.05) is 11.5 Å². The molecule has 0 heterocycles. The van der Waals surface area contributed by atoms with Crippen LogP contribution in [0.3, 0.4) is 0 Å². The standard InChI is InChI=1S/C10H11BrF3NOS/c11-7-2-3-8(15)9(6-7)17(16)5-1-4-10(12,13)14/h2-3,6H,1,4-5,15H2. The summed E-state index contributed by atoms with van der Waals surface area (Å²) in [4.78, 5) is 0.376. The Hall–Kier alpha value is -0.560. The number of benzene rings is 1. The fraction of sp³-hybridized carbons (Fsp3) is 0.400. The highest BCUT2D eigenvalue weighted by Gasteiger charge is 2.26. The number of hydrogen-bond acceptors (Lipinski definition) is 2. The fourth-order valence-corrected chi connectivity index (χ4v) is 2.95. The first kappa shape index (κ1) is 14.5. The number of alkyl halides is 3. The number of hydrogen-bond donors (Lipinski definition) is 1. The van der Waals surface area contributed by atoms with Crippen molar-refractivity contribution < 1.29 is 17.4 Å². The summed E-state index contributed by atoms with van der Waals surface area (Å²) in [6.45, 7) is 0. The number of nitrogen functional groups attached to an aromatic ring is 1. The second-order valence-electron chi connectivity index (χ2n) is 3.45. The van der Waals surface area contributed by atoms with Crippen LogP contribution in [-0.4, -0.2) is 16.1 Å². The van der Waals surface area contributed by atoms with Crippen LogP contribution in [0, 0.1) is 0 Å². The molecule has 2 N–H and O–H groups in total. The SMILES string of the molecule is Nc1ccc(Br)cc1S(=O)CCCC(F)(F)F. The minimum Gasteiger partial charge on any atom is -0.398 e. The first-order valence-electron chi connectivity index (χ1n) is 4.80. The lowest BCUT2D eigenvalue weighted by Gasteiger charge is -2.08. The third-order valence-electron chi connectivity index (χ3n) is 2.01. The van der Waals surface area contributed by atoms with E-state index in [0.29, 0.717) is 15.1 Å². The molecule has 0 fully saturated rings. The quantitative estimate of drug-likeness (QED) is 0.859. The van der Waals surface area contributed by atoms with Crippen LogP contribution in [0.4, 0.5) is 18.9 Å². The molecule has 1 aromatic carbocycles. The Morgan fingerprint density at radius 2 is 2.00 bits per heavy atom. The van der Waals surface area contributed by atoms with Crippen molar-refractivity contribution in [3.05, 3.63) is 22.7 Å². The highest BCUT2D eigenvalue weighted by atomic mass is 79.9. The highest BCUT2D eigenvalue weighted by Crippen LogP contribution is 2.25. The molecule has 0 aromatic heterocycles. The lowest BCUT2D eigenvalue weighted by molar-refractivity contribution is -0.134. The summed E-state index contributed by atoms with van der Waals surface area (Å²) in [6.07, 6.45) is -5.29. The lowest BCUT2D eigenvalue weighted by atomic mass is 10.3. The molecular weight excluding hydrogens is 319 g/mol. The molecule has 0 amide bonds. The summed E-state index contributed by atoms with van der Waals surface area (Å²) in [5.41, 5.74) is 5.94. The zero-order valence-electron chi connectivity index (χ0n) is 8.76. The molecule has 0 aliphatic rings. The van der Waals surface area contributed by atoms with Crippen LogP contribution in [-0.2, 0) is 10.8 Å². The van der Waals surface area contributed by atoms with Crippen molar-refractivity contribution >= 4 is 32.4 Å². The summed E-state index contributed by atoms with van der Waals surface area (Å²) in [7, 11) is -1.49. The van der Waals surface area contributed by atoms with Gasteiger partial charge in [0.25, 0.3) is 0 Å². The maximum Gasteiger partial charge on any atom is 0.389 e. The van der Waals surface area contributed by atoms with E-state index in [-0.39, 0.29) is 12.2 Å². The molecule has 0 saturated carbocycles. The maximum atomic E-state index is 11.9. The molecule has 0 bridgehead atoms. The summed E-state index contributed by atoms with van der Waals surface area (Å²) < 4.78 is 48.2. The van der Waals surface area contributed by atoms with Crippen molar-refractivity contribution in [3.8, 4) is 0 Å². The Morgan fingerprint density at radius 1 is 1.35 bits per heavy atom. The number of rotatable bonds is 4. The molecule has 0 spiro atoms. The van der Waals surface area contributed by atoms with Gasteiger partial charge in [0.15, 0.2) is 0 Å². The van der Waals surface area contributed by atoms with E-state index in [1.165, 1.54) is 0 Å². The summed E-state index contributed by atoms with van der Waals surface area (Å²) in [5.74, 6) is -0.0415. The molecule has 0 saturated heterocycles. The number of anilines is 1. The predicted octanol–water partition coefficient (Wildman–Crippen LogP) is 3.48. The predicted molar refractivity (Wildman–Crippen MR) is 65.1 cm³/mol. The van der Waals surface area contributed by atoms with Gasteiger partial charge in [0.05, 0.1) is 15.7 Å². The molecule has 1 atom stereocenters. The lowest BCUT2D eigenvalue weighted by Crippen LogP contribution is -2.10. The van der Waals surface area contributed by atoms with E-state index < -0.39 is 23.4 Å². The molecule has 7 heteroatoms. The Morgan fingerprint density at radius 3 is 2.59 bits per heavy atom. The van der Waals surface area contributed by atoms with Gasteiger partial charge in [-0.2, -0.15) is 13.2 Å². The normalized spacial score (nSPS) is 13.6. The molecule has 2 nitrogen and oxygen atoms in total. The van der Waals surface area contributed by atoms with Gasteiger partial charge in [-0.3, -0.25) is 4.21 Å². The molecule has 1 rings (SSSR count). The van der Waals surface area contributed by atoms with Crippen LogP contribution in [0.25, 0.3) is 0 Å². The Bertz CT molecular complexity index is 423. The van der Waals surface area contributed by atoms with Crippen LogP contribution < -0.4 is 5.73 Å². The third-order valence-corrected chi connectivity index (χ3v) is 4.01. The van der Waals surface area contributed by atoms with Crippen molar-refractivity contribution in [1.29, 1.82) is 0 Å². The van der Waals surface area contributed by atoms with Gasteiger partial charge in [-0.1, -0.05) is 15.9 Å². The number of halogens is 4. The van der Waals surface area contributed by atoms with E-state index in [1.54, 1.807) is 18.2 Å². The van der Waals surface area contributed by atoms with E-state index in [0.717, 1.165) is 0 Å². The molecular formula is C10H11BrF3NOS. The summed E-state index contributed by atoms with van der Waals surface area (Å²) >= 11 is 3.19. The van der Waals surface area contributed by atoms with Crippen molar-refractivity contribution in [2.45, 2.75) is 23.9 Å². The van der Waals surface area contributed by atoms with E-state index in [9.17, 15) is 17.4 Å². The average molecular weight is 330 g/mol.